The van der Waals surface area contributed by atoms with Crippen LogP contribution in [0.5, 0.6) is 0 Å². The van der Waals surface area contributed by atoms with Gasteiger partial charge in [-0.1, -0.05) is 24.3 Å². The first kappa shape index (κ1) is 7.77. The quantitative estimate of drug-likeness (QED) is 0.625. The molecule has 1 unspecified atom stereocenters. The van der Waals surface area contributed by atoms with Crippen LogP contribution in [0.25, 0.3) is 0 Å². The van der Waals surface area contributed by atoms with Crippen molar-refractivity contribution in [2.24, 2.45) is 0 Å². The van der Waals surface area contributed by atoms with E-state index < -0.39 is 0 Å². The van der Waals surface area contributed by atoms with Crippen LogP contribution in [0.15, 0.2) is 24.3 Å². The van der Waals surface area contributed by atoms with E-state index in [2.05, 4.69) is 6.07 Å². The summed E-state index contributed by atoms with van der Waals surface area (Å²) in [6.07, 6.45) is 0.119. The molecule has 1 fully saturated rings. The monoisotopic (exact) mass is 163 g/mol. The summed E-state index contributed by atoms with van der Waals surface area (Å²) in [5, 5.41) is 0. The van der Waals surface area contributed by atoms with Crippen molar-refractivity contribution in [3.8, 4) is 0 Å². The third kappa shape index (κ3) is 1.65. The Labute approximate surface area is 72.1 Å². The maximum atomic E-state index is 5.53. The van der Waals surface area contributed by atoms with Crippen LogP contribution >= 0.6 is 0 Å². The van der Waals surface area contributed by atoms with Crippen LogP contribution in [0.2, 0.25) is 0 Å². The molecular formula is C10H11O2. The van der Waals surface area contributed by atoms with E-state index in [1.807, 2.05) is 24.3 Å². The summed E-state index contributed by atoms with van der Waals surface area (Å²) in [4.78, 5) is 0. The van der Waals surface area contributed by atoms with Crippen LogP contribution in [-0.2, 0) is 9.47 Å². The predicted octanol–water partition coefficient (Wildman–Crippen LogP) is 1.57. The van der Waals surface area contributed by atoms with Crippen LogP contribution in [-0.4, -0.2) is 19.8 Å². The molecule has 1 saturated heterocycles. The average Bonchev–Trinajstić information content (AvgIpc) is 2.21. The zero-order valence-electron chi connectivity index (χ0n) is 6.82. The van der Waals surface area contributed by atoms with Crippen molar-refractivity contribution in [3.05, 3.63) is 35.9 Å². The minimum atomic E-state index is 0.119. The molecule has 12 heavy (non-hydrogen) atoms. The lowest BCUT2D eigenvalue weighted by atomic mass is 10.1. The molecule has 2 heteroatoms. The maximum absolute atomic E-state index is 5.53. The summed E-state index contributed by atoms with van der Waals surface area (Å²) in [6, 6.07) is 10.8. The summed E-state index contributed by atoms with van der Waals surface area (Å²) in [7, 11) is 0. The van der Waals surface area contributed by atoms with E-state index in [1.165, 1.54) is 5.56 Å². The van der Waals surface area contributed by atoms with Crippen LogP contribution in [0.1, 0.15) is 11.7 Å². The highest BCUT2D eigenvalue weighted by Gasteiger charge is 2.15. The Morgan fingerprint density at radius 2 is 2.08 bits per heavy atom. The van der Waals surface area contributed by atoms with Crippen LogP contribution in [0.4, 0.5) is 0 Å². The average molecular weight is 163 g/mol. The lowest BCUT2D eigenvalue weighted by molar-refractivity contribution is -0.0901. The van der Waals surface area contributed by atoms with E-state index in [0.29, 0.717) is 13.2 Å². The Morgan fingerprint density at radius 3 is 2.75 bits per heavy atom. The highest BCUT2D eigenvalue weighted by molar-refractivity contribution is 5.17. The lowest BCUT2D eigenvalue weighted by Gasteiger charge is -2.22. The van der Waals surface area contributed by atoms with Gasteiger partial charge >= 0.3 is 0 Å². The Hall–Kier alpha value is -0.860. The predicted molar refractivity (Wildman–Crippen MR) is 44.8 cm³/mol. The molecule has 0 aromatic heterocycles. The molecule has 0 aliphatic carbocycles. The Morgan fingerprint density at radius 1 is 1.25 bits per heavy atom. The number of rotatable bonds is 1. The summed E-state index contributed by atoms with van der Waals surface area (Å²) >= 11 is 0. The number of benzene rings is 1. The van der Waals surface area contributed by atoms with E-state index in [0.717, 1.165) is 6.61 Å². The molecule has 0 amide bonds. The van der Waals surface area contributed by atoms with Crippen LogP contribution in [0.3, 0.4) is 0 Å². The molecule has 1 radical (unpaired) electrons. The van der Waals surface area contributed by atoms with Gasteiger partial charge in [0.1, 0.15) is 6.10 Å². The van der Waals surface area contributed by atoms with Gasteiger partial charge in [-0.25, -0.2) is 0 Å². The number of hydrogen-bond donors (Lipinski definition) is 0. The van der Waals surface area contributed by atoms with Crippen LogP contribution in [0, 0.1) is 6.07 Å². The Kier molecular flexibility index (Phi) is 2.39. The highest BCUT2D eigenvalue weighted by atomic mass is 16.6. The largest absolute Gasteiger partial charge is 0.376 e. The highest BCUT2D eigenvalue weighted by Crippen LogP contribution is 2.19. The van der Waals surface area contributed by atoms with E-state index in [1.54, 1.807) is 0 Å². The normalized spacial score (nSPS) is 23.8. The summed E-state index contributed by atoms with van der Waals surface area (Å²) in [5.74, 6) is 0. The minimum absolute atomic E-state index is 0.119. The van der Waals surface area contributed by atoms with Gasteiger partial charge in [0, 0.05) is 0 Å². The Bertz CT molecular complexity index is 227. The molecule has 2 rings (SSSR count). The van der Waals surface area contributed by atoms with Gasteiger partial charge in [0.25, 0.3) is 0 Å². The molecule has 0 bridgehead atoms. The fraction of sp³-hybridized carbons (Fsp3) is 0.400. The summed E-state index contributed by atoms with van der Waals surface area (Å²) in [5.41, 5.74) is 1.17. The minimum Gasteiger partial charge on any atom is -0.376 e. The van der Waals surface area contributed by atoms with Crippen LogP contribution < -0.4 is 0 Å². The molecule has 2 nitrogen and oxygen atoms in total. The van der Waals surface area contributed by atoms with Gasteiger partial charge in [0.15, 0.2) is 0 Å². The van der Waals surface area contributed by atoms with Crippen molar-refractivity contribution in [2.45, 2.75) is 6.10 Å². The van der Waals surface area contributed by atoms with Gasteiger partial charge in [0.05, 0.1) is 19.8 Å². The fourth-order valence-electron chi connectivity index (χ4n) is 1.29. The molecule has 1 aliphatic heterocycles. The molecule has 1 heterocycles. The molecule has 0 spiro atoms. The number of hydrogen-bond acceptors (Lipinski definition) is 2. The summed E-state index contributed by atoms with van der Waals surface area (Å²) in [6.45, 7) is 2.09. The second-order valence-corrected chi connectivity index (χ2v) is 2.77. The van der Waals surface area contributed by atoms with Crippen molar-refractivity contribution < 1.29 is 9.47 Å². The Balaban J connectivity index is 2.08. The first-order chi connectivity index (χ1) is 5.97. The zero-order chi connectivity index (χ0) is 8.23. The topological polar surface area (TPSA) is 18.5 Å². The number of ether oxygens (including phenoxy) is 2. The third-order valence-corrected chi connectivity index (χ3v) is 1.93. The van der Waals surface area contributed by atoms with Gasteiger partial charge in [-0.05, 0) is 11.6 Å². The van der Waals surface area contributed by atoms with Crippen molar-refractivity contribution in [1.29, 1.82) is 0 Å². The molecule has 63 valence electrons. The lowest BCUT2D eigenvalue weighted by Crippen LogP contribution is -2.21. The second-order valence-electron chi connectivity index (χ2n) is 2.77. The molecule has 1 atom stereocenters. The van der Waals surface area contributed by atoms with Crippen molar-refractivity contribution in [1.82, 2.24) is 0 Å². The SMILES string of the molecule is [c]1ccc(C2COCCO2)cc1. The van der Waals surface area contributed by atoms with E-state index >= 15 is 0 Å². The molecule has 1 aromatic carbocycles. The maximum Gasteiger partial charge on any atom is 0.106 e. The first-order valence-corrected chi connectivity index (χ1v) is 4.12. The van der Waals surface area contributed by atoms with Crippen molar-refractivity contribution in [2.75, 3.05) is 19.8 Å². The fourth-order valence-corrected chi connectivity index (χ4v) is 1.29. The zero-order valence-corrected chi connectivity index (χ0v) is 6.82. The molecule has 0 saturated carbocycles. The van der Waals surface area contributed by atoms with E-state index in [-0.39, 0.29) is 6.10 Å². The third-order valence-electron chi connectivity index (χ3n) is 1.93. The molecular weight excluding hydrogens is 152 g/mol. The van der Waals surface area contributed by atoms with Gasteiger partial charge in [0.2, 0.25) is 0 Å². The van der Waals surface area contributed by atoms with Gasteiger partial charge < -0.3 is 9.47 Å². The van der Waals surface area contributed by atoms with Crippen molar-refractivity contribution in [3.63, 3.8) is 0 Å². The van der Waals surface area contributed by atoms with E-state index in [4.69, 9.17) is 9.47 Å². The van der Waals surface area contributed by atoms with Crippen molar-refractivity contribution >= 4 is 0 Å². The first-order valence-electron chi connectivity index (χ1n) is 4.12. The molecule has 1 aliphatic rings. The second kappa shape index (κ2) is 3.70. The van der Waals surface area contributed by atoms with Gasteiger partial charge in [-0.2, -0.15) is 0 Å². The molecule has 1 aromatic rings. The smallest absolute Gasteiger partial charge is 0.106 e. The molecule has 0 N–H and O–H groups in total. The van der Waals surface area contributed by atoms with E-state index in [9.17, 15) is 0 Å². The standard InChI is InChI=1S/C10H11O2/c1-2-4-9(5-3-1)10-8-11-6-7-12-10/h2-5,10H,6-8H2. The summed E-state index contributed by atoms with van der Waals surface area (Å²) < 4.78 is 10.8. The van der Waals surface area contributed by atoms with Gasteiger partial charge in [-0.15, -0.1) is 0 Å². The van der Waals surface area contributed by atoms with Gasteiger partial charge in [-0.3, -0.25) is 0 Å².